The summed E-state index contributed by atoms with van der Waals surface area (Å²) < 4.78 is 5.98. The average molecular weight is 264 g/mol. The molecule has 0 radical (unpaired) electrons. The fourth-order valence-corrected chi connectivity index (χ4v) is 1.99. The van der Waals surface area contributed by atoms with Gasteiger partial charge in [-0.05, 0) is 24.6 Å². The van der Waals surface area contributed by atoms with Crippen molar-refractivity contribution in [3.05, 3.63) is 42.0 Å². The third kappa shape index (κ3) is 4.69. The highest BCUT2D eigenvalue weighted by atomic mass is 16.5. The van der Waals surface area contributed by atoms with Crippen molar-refractivity contribution < 1.29 is 14.3 Å². The van der Waals surface area contributed by atoms with Gasteiger partial charge < -0.3 is 14.3 Å². The monoisotopic (exact) mass is 264 g/mol. The lowest BCUT2D eigenvalue weighted by atomic mass is 9.89. The Morgan fingerprint density at radius 1 is 1.21 bits per heavy atom. The number of hydrogen-bond acceptors (Lipinski definition) is 2. The molecule has 0 heterocycles. The Bertz CT molecular complexity index is 417. The molecule has 3 heteroatoms. The molecule has 0 saturated carbocycles. The van der Waals surface area contributed by atoms with Crippen LogP contribution in [0, 0.1) is 0 Å². The number of rotatable bonds is 6. The van der Waals surface area contributed by atoms with Crippen molar-refractivity contribution in [2.75, 3.05) is 34.8 Å². The first-order chi connectivity index (χ1) is 8.80. The first-order valence-corrected chi connectivity index (χ1v) is 6.62. The van der Waals surface area contributed by atoms with Crippen molar-refractivity contribution in [3.63, 3.8) is 0 Å². The molecule has 1 aromatic rings. The zero-order valence-electron chi connectivity index (χ0n) is 12.7. The van der Waals surface area contributed by atoms with Crippen molar-refractivity contribution in [3.8, 4) is 5.75 Å². The molecule has 0 aliphatic heterocycles. The molecule has 1 aromatic carbocycles. The van der Waals surface area contributed by atoms with Crippen LogP contribution in [0.3, 0.4) is 0 Å². The summed E-state index contributed by atoms with van der Waals surface area (Å²) in [5, 5.41) is 10.9. The van der Waals surface area contributed by atoms with Crippen LogP contribution in [-0.2, 0) is 5.60 Å². The van der Waals surface area contributed by atoms with Crippen LogP contribution in [0.2, 0.25) is 0 Å². The molecule has 1 rings (SSSR count). The van der Waals surface area contributed by atoms with E-state index in [0.717, 1.165) is 22.3 Å². The van der Waals surface area contributed by atoms with E-state index in [-0.39, 0.29) is 0 Å². The minimum atomic E-state index is -0.910. The molecule has 1 unspecified atom stereocenters. The van der Waals surface area contributed by atoms with Gasteiger partial charge in [0, 0.05) is 6.42 Å². The fourth-order valence-electron chi connectivity index (χ4n) is 1.99. The fraction of sp³-hybridized carbons (Fsp3) is 0.500. The van der Waals surface area contributed by atoms with E-state index in [2.05, 4.69) is 21.1 Å². The molecule has 0 aromatic heterocycles. The summed E-state index contributed by atoms with van der Waals surface area (Å²) in [7, 11) is 8.03. The maximum absolute atomic E-state index is 10.9. The summed E-state index contributed by atoms with van der Waals surface area (Å²) in [6.45, 7) is 2.83. The quantitative estimate of drug-likeness (QED) is 0.632. The van der Waals surface area contributed by atoms with Gasteiger partial charge >= 0.3 is 0 Å². The summed E-state index contributed by atoms with van der Waals surface area (Å²) in [6.07, 6.45) is 4.46. The predicted octanol–water partition coefficient (Wildman–Crippen LogP) is 2.56. The normalized spacial score (nSPS) is 15.5. The molecule has 1 atom stereocenters. The molecule has 0 bridgehead atoms. The second kappa shape index (κ2) is 6.22. The summed E-state index contributed by atoms with van der Waals surface area (Å²) in [6, 6.07) is 7.62. The van der Waals surface area contributed by atoms with Crippen molar-refractivity contribution >= 4 is 0 Å². The van der Waals surface area contributed by atoms with Crippen molar-refractivity contribution in [2.45, 2.75) is 18.9 Å². The standard InChI is InChI=1S/C16H26NO2/c1-6-11-16(18,12-13-17(2,3)4)14-7-9-15(19-5)10-8-14/h6-11,18H,12-13H2,1-5H3/q+1/b11-6+. The second-order valence-corrected chi connectivity index (χ2v) is 5.92. The van der Waals surface area contributed by atoms with Gasteiger partial charge in [-0.25, -0.2) is 0 Å². The number of quaternary nitrogens is 1. The molecule has 0 amide bonds. The number of aliphatic hydroxyl groups is 1. The number of benzene rings is 1. The molecule has 0 aliphatic rings. The predicted molar refractivity (Wildman–Crippen MR) is 79.2 cm³/mol. The lowest BCUT2D eigenvalue weighted by molar-refractivity contribution is -0.871. The highest BCUT2D eigenvalue weighted by Gasteiger charge is 2.28. The number of ether oxygens (including phenoxy) is 1. The van der Waals surface area contributed by atoms with E-state index in [1.165, 1.54) is 0 Å². The maximum atomic E-state index is 10.9. The van der Waals surface area contributed by atoms with Crippen LogP contribution >= 0.6 is 0 Å². The van der Waals surface area contributed by atoms with Crippen LogP contribution in [0.15, 0.2) is 36.4 Å². The largest absolute Gasteiger partial charge is 0.497 e. The maximum Gasteiger partial charge on any atom is 0.118 e. The zero-order valence-corrected chi connectivity index (χ0v) is 12.7. The Labute approximate surface area is 116 Å². The molecule has 0 spiro atoms. The summed E-state index contributed by atoms with van der Waals surface area (Å²) in [5.41, 5.74) is -0.00753. The Morgan fingerprint density at radius 3 is 2.21 bits per heavy atom. The molecule has 1 N–H and O–H groups in total. The Hall–Kier alpha value is -1.32. The van der Waals surface area contributed by atoms with Crippen LogP contribution in [0.4, 0.5) is 0 Å². The molecule has 0 fully saturated rings. The van der Waals surface area contributed by atoms with Gasteiger partial charge in [-0.3, -0.25) is 0 Å². The highest BCUT2D eigenvalue weighted by Crippen LogP contribution is 2.29. The van der Waals surface area contributed by atoms with Gasteiger partial charge in [-0.15, -0.1) is 0 Å². The molecule has 0 aliphatic carbocycles. The van der Waals surface area contributed by atoms with E-state index < -0.39 is 5.60 Å². The van der Waals surface area contributed by atoms with Gasteiger partial charge in [0.05, 0.1) is 34.8 Å². The van der Waals surface area contributed by atoms with E-state index >= 15 is 0 Å². The smallest absolute Gasteiger partial charge is 0.118 e. The Morgan fingerprint density at radius 2 is 1.79 bits per heavy atom. The van der Waals surface area contributed by atoms with Gasteiger partial charge in [0.25, 0.3) is 0 Å². The van der Waals surface area contributed by atoms with E-state index in [4.69, 9.17) is 4.74 Å². The number of allylic oxidation sites excluding steroid dienone is 1. The van der Waals surface area contributed by atoms with E-state index in [0.29, 0.717) is 6.42 Å². The van der Waals surface area contributed by atoms with Gasteiger partial charge in [0.15, 0.2) is 0 Å². The van der Waals surface area contributed by atoms with Crippen LogP contribution < -0.4 is 4.74 Å². The van der Waals surface area contributed by atoms with Gasteiger partial charge in [-0.1, -0.05) is 24.3 Å². The lowest BCUT2D eigenvalue weighted by Gasteiger charge is -2.31. The molecule has 19 heavy (non-hydrogen) atoms. The third-order valence-electron chi connectivity index (χ3n) is 3.20. The minimum Gasteiger partial charge on any atom is -0.497 e. The van der Waals surface area contributed by atoms with Crippen LogP contribution in [0.25, 0.3) is 0 Å². The first kappa shape index (κ1) is 15.7. The van der Waals surface area contributed by atoms with E-state index in [1.54, 1.807) is 7.11 Å². The van der Waals surface area contributed by atoms with Crippen LogP contribution in [0.5, 0.6) is 5.75 Å². The van der Waals surface area contributed by atoms with Gasteiger partial charge in [0.1, 0.15) is 11.4 Å². The van der Waals surface area contributed by atoms with Gasteiger partial charge in [-0.2, -0.15) is 0 Å². The van der Waals surface area contributed by atoms with Crippen LogP contribution in [0.1, 0.15) is 18.9 Å². The van der Waals surface area contributed by atoms with E-state index in [9.17, 15) is 5.11 Å². The molecule has 3 nitrogen and oxygen atoms in total. The Kier molecular flexibility index (Phi) is 5.15. The van der Waals surface area contributed by atoms with Gasteiger partial charge in [0.2, 0.25) is 0 Å². The second-order valence-electron chi connectivity index (χ2n) is 5.92. The van der Waals surface area contributed by atoms with Crippen molar-refractivity contribution in [1.82, 2.24) is 0 Å². The Balaban J connectivity index is 2.96. The summed E-state index contributed by atoms with van der Waals surface area (Å²) >= 11 is 0. The topological polar surface area (TPSA) is 29.5 Å². The van der Waals surface area contributed by atoms with Crippen LogP contribution in [-0.4, -0.2) is 44.4 Å². The molecular formula is C16H26NO2+. The number of methoxy groups -OCH3 is 1. The molecule has 106 valence electrons. The third-order valence-corrected chi connectivity index (χ3v) is 3.20. The summed E-state index contributed by atoms with van der Waals surface area (Å²) in [5.74, 6) is 0.804. The lowest BCUT2D eigenvalue weighted by Crippen LogP contribution is -2.39. The average Bonchev–Trinajstić information content (AvgIpc) is 2.36. The SMILES string of the molecule is C/C=C/C(O)(CC[N+](C)(C)C)c1ccc(OC)cc1. The summed E-state index contributed by atoms with van der Waals surface area (Å²) in [4.78, 5) is 0. The number of nitrogens with zero attached hydrogens (tertiary/aromatic N) is 1. The number of hydrogen-bond donors (Lipinski definition) is 1. The first-order valence-electron chi connectivity index (χ1n) is 6.62. The van der Waals surface area contributed by atoms with Crippen molar-refractivity contribution in [2.24, 2.45) is 0 Å². The highest BCUT2D eigenvalue weighted by molar-refractivity contribution is 5.33. The molecule has 0 saturated heterocycles. The molecular weight excluding hydrogens is 238 g/mol. The van der Waals surface area contributed by atoms with Crippen molar-refractivity contribution in [1.29, 1.82) is 0 Å². The van der Waals surface area contributed by atoms with E-state index in [1.807, 2.05) is 43.3 Å². The zero-order chi connectivity index (χ0) is 14.5. The minimum absolute atomic E-state index is 0.688.